The van der Waals surface area contributed by atoms with Crippen LogP contribution >= 0.6 is 11.8 Å². The zero-order valence-electron chi connectivity index (χ0n) is 8.49. The summed E-state index contributed by atoms with van der Waals surface area (Å²) in [5.74, 6) is 0. The van der Waals surface area contributed by atoms with Gasteiger partial charge in [0.15, 0.2) is 5.12 Å². The topological polar surface area (TPSA) is 17.1 Å². The van der Waals surface area contributed by atoms with E-state index in [9.17, 15) is 4.79 Å². The van der Waals surface area contributed by atoms with Crippen molar-refractivity contribution in [1.29, 1.82) is 0 Å². The predicted molar refractivity (Wildman–Crippen MR) is 61.4 cm³/mol. The number of hydrogen-bond donors (Lipinski definition) is 0. The summed E-state index contributed by atoms with van der Waals surface area (Å²) in [6, 6.07) is 9.73. The van der Waals surface area contributed by atoms with E-state index in [1.165, 1.54) is 17.3 Å². The fourth-order valence-electron chi connectivity index (χ4n) is 0.949. The summed E-state index contributed by atoms with van der Waals surface area (Å²) in [5, 5.41) is 0.192. The molecule has 0 bridgehead atoms. The van der Waals surface area contributed by atoms with Gasteiger partial charge in [-0.1, -0.05) is 41.6 Å². The summed E-state index contributed by atoms with van der Waals surface area (Å²) in [6.45, 7) is 4.00. The van der Waals surface area contributed by atoms with Crippen LogP contribution in [0.2, 0.25) is 0 Å². The van der Waals surface area contributed by atoms with E-state index in [0.717, 1.165) is 4.90 Å². The Hall–Kier alpha value is -1.02. The molecule has 2 heteroatoms. The number of thioether (sulfide) groups is 1. The van der Waals surface area contributed by atoms with Gasteiger partial charge in [0.1, 0.15) is 0 Å². The number of allylic oxidation sites excluding steroid dienone is 2. The molecule has 0 aliphatic carbocycles. The highest BCUT2D eigenvalue weighted by Crippen LogP contribution is 2.19. The smallest absolute Gasteiger partial charge is 0.197 e. The van der Waals surface area contributed by atoms with E-state index in [1.54, 1.807) is 0 Å². The monoisotopic (exact) mass is 206 g/mol. The first-order valence-corrected chi connectivity index (χ1v) is 5.39. The number of benzene rings is 1. The summed E-state index contributed by atoms with van der Waals surface area (Å²) in [4.78, 5) is 12.4. The quantitative estimate of drug-likeness (QED) is 0.554. The van der Waals surface area contributed by atoms with Crippen molar-refractivity contribution in [2.75, 3.05) is 0 Å². The maximum atomic E-state index is 11.4. The van der Waals surface area contributed by atoms with Gasteiger partial charge in [-0.25, -0.2) is 0 Å². The minimum Gasteiger partial charge on any atom is -0.286 e. The average Bonchev–Trinajstić information content (AvgIpc) is 2.16. The minimum atomic E-state index is 0.192. The Morgan fingerprint density at radius 3 is 2.50 bits per heavy atom. The van der Waals surface area contributed by atoms with E-state index >= 15 is 0 Å². The first kappa shape index (κ1) is 11.1. The third-order valence-electron chi connectivity index (χ3n) is 1.65. The Morgan fingerprint density at radius 2 is 1.93 bits per heavy atom. The normalized spacial score (nSPS) is 9.57. The summed E-state index contributed by atoms with van der Waals surface area (Å²) in [5.41, 5.74) is 1.19. The van der Waals surface area contributed by atoms with Crippen molar-refractivity contribution in [3.8, 4) is 0 Å². The molecule has 0 aromatic heterocycles. The van der Waals surface area contributed by atoms with Crippen molar-refractivity contribution < 1.29 is 4.79 Å². The fraction of sp³-hybridized carbons (Fsp3) is 0.250. The van der Waals surface area contributed by atoms with Crippen molar-refractivity contribution in [2.45, 2.75) is 25.2 Å². The van der Waals surface area contributed by atoms with Crippen LogP contribution in [-0.2, 0) is 4.79 Å². The number of rotatable bonds is 3. The Morgan fingerprint density at radius 1 is 1.29 bits per heavy atom. The second kappa shape index (κ2) is 5.66. The lowest BCUT2D eigenvalue weighted by Gasteiger charge is -1.97. The van der Waals surface area contributed by atoms with Crippen LogP contribution in [0.15, 0.2) is 46.9 Å². The fourth-order valence-corrected chi connectivity index (χ4v) is 1.67. The Kier molecular flexibility index (Phi) is 4.47. The largest absolute Gasteiger partial charge is 0.286 e. The summed E-state index contributed by atoms with van der Waals surface area (Å²) in [6.07, 6.45) is 2.47. The molecule has 74 valence electrons. The van der Waals surface area contributed by atoms with Gasteiger partial charge in [0.05, 0.1) is 0 Å². The maximum Gasteiger partial charge on any atom is 0.197 e. The van der Waals surface area contributed by atoms with Crippen LogP contribution in [0.4, 0.5) is 0 Å². The van der Waals surface area contributed by atoms with Gasteiger partial charge >= 0.3 is 0 Å². The van der Waals surface area contributed by atoms with E-state index in [4.69, 9.17) is 0 Å². The lowest BCUT2D eigenvalue weighted by Crippen LogP contribution is -1.88. The molecule has 1 rings (SSSR count). The van der Waals surface area contributed by atoms with Crippen LogP contribution in [0.5, 0.6) is 0 Å². The molecule has 0 heterocycles. The summed E-state index contributed by atoms with van der Waals surface area (Å²) in [7, 11) is 0. The van der Waals surface area contributed by atoms with Gasteiger partial charge in [0.2, 0.25) is 0 Å². The maximum absolute atomic E-state index is 11.4. The number of carbonyl (C=O) groups is 1. The van der Waals surface area contributed by atoms with Crippen LogP contribution in [0, 0.1) is 0 Å². The van der Waals surface area contributed by atoms with Crippen molar-refractivity contribution in [1.82, 2.24) is 0 Å². The Labute approximate surface area is 89.2 Å². The standard InChI is InChI=1S/C12H14OS/c1-10(2)8-9-12(13)14-11-6-4-3-5-7-11/h3-8H,9H2,1-2H3. The molecule has 0 unspecified atom stereocenters. The second-order valence-electron chi connectivity index (χ2n) is 3.27. The lowest BCUT2D eigenvalue weighted by molar-refractivity contribution is -0.110. The van der Waals surface area contributed by atoms with E-state index in [-0.39, 0.29) is 5.12 Å². The number of hydrogen-bond acceptors (Lipinski definition) is 2. The zero-order chi connectivity index (χ0) is 10.4. The highest BCUT2D eigenvalue weighted by molar-refractivity contribution is 8.13. The van der Waals surface area contributed by atoms with E-state index in [0.29, 0.717) is 6.42 Å². The zero-order valence-corrected chi connectivity index (χ0v) is 9.30. The molecule has 0 radical (unpaired) electrons. The molecule has 14 heavy (non-hydrogen) atoms. The van der Waals surface area contributed by atoms with Gasteiger partial charge in [-0.3, -0.25) is 4.79 Å². The highest BCUT2D eigenvalue weighted by atomic mass is 32.2. The van der Waals surface area contributed by atoms with Crippen LogP contribution in [0.25, 0.3) is 0 Å². The third-order valence-corrected chi connectivity index (χ3v) is 2.55. The van der Waals surface area contributed by atoms with E-state index < -0.39 is 0 Å². The molecular formula is C12H14OS. The minimum absolute atomic E-state index is 0.192. The van der Waals surface area contributed by atoms with E-state index in [1.807, 2.05) is 50.3 Å². The molecule has 0 amide bonds. The SMILES string of the molecule is CC(C)=CCC(=O)Sc1ccccc1. The van der Waals surface area contributed by atoms with Crippen molar-refractivity contribution in [2.24, 2.45) is 0 Å². The molecule has 0 spiro atoms. The molecule has 1 aromatic rings. The Bertz CT molecular complexity index is 323. The third kappa shape index (κ3) is 4.28. The summed E-state index contributed by atoms with van der Waals surface area (Å²) >= 11 is 1.30. The molecule has 0 aliphatic heterocycles. The highest BCUT2D eigenvalue weighted by Gasteiger charge is 2.01. The van der Waals surface area contributed by atoms with Crippen LogP contribution in [0.3, 0.4) is 0 Å². The molecule has 1 nitrogen and oxygen atoms in total. The molecule has 0 N–H and O–H groups in total. The van der Waals surface area contributed by atoms with Gasteiger partial charge in [-0.2, -0.15) is 0 Å². The van der Waals surface area contributed by atoms with Crippen LogP contribution in [0.1, 0.15) is 20.3 Å². The van der Waals surface area contributed by atoms with Crippen molar-refractivity contribution in [3.63, 3.8) is 0 Å². The number of carbonyl (C=O) groups excluding carboxylic acids is 1. The molecule has 0 aliphatic rings. The molecular weight excluding hydrogens is 192 g/mol. The first-order chi connectivity index (χ1) is 6.68. The van der Waals surface area contributed by atoms with Gasteiger partial charge < -0.3 is 0 Å². The van der Waals surface area contributed by atoms with Crippen molar-refractivity contribution >= 4 is 16.9 Å². The Balaban J connectivity index is 2.46. The van der Waals surface area contributed by atoms with E-state index in [2.05, 4.69) is 0 Å². The second-order valence-corrected chi connectivity index (χ2v) is 4.40. The van der Waals surface area contributed by atoms with Gasteiger partial charge in [-0.15, -0.1) is 0 Å². The van der Waals surface area contributed by atoms with Crippen LogP contribution in [-0.4, -0.2) is 5.12 Å². The molecule has 0 saturated carbocycles. The lowest BCUT2D eigenvalue weighted by atomic mass is 10.3. The summed E-state index contributed by atoms with van der Waals surface area (Å²) < 4.78 is 0. The predicted octanol–water partition coefficient (Wildman–Crippen LogP) is 3.66. The van der Waals surface area contributed by atoms with Gasteiger partial charge in [-0.05, 0) is 26.0 Å². The van der Waals surface area contributed by atoms with Crippen LogP contribution < -0.4 is 0 Å². The molecule has 0 saturated heterocycles. The molecule has 0 atom stereocenters. The average molecular weight is 206 g/mol. The molecule has 1 aromatic carbocycles. The van der Waals surface area contributed by atoms with Crippen molar-refractivity contribution in [3.05, 3.63) is 42.0 Å². The van der Waals surface area contributed by atoms with Gasteiger partial charge in [0.25, 0.3) is 0 Å². The first-order valence-electron chi connectivity index (χ1n) is 4.57. The van der Waals surface area contributed by atoms with Gasteiger partial charge in [0, 0.05) is 11.3 Å². The molecule has 0 fully saturated rings.